The third kappa shape index (κ3) is 2.36. The minimum Gasteiger partial charge on any atom is -0.342 e. The average molecular weight is 167 g/mol. The molecule has 0 N–H and O–H groups in total. The molecular weight excluding hydrogens is 150 g/mol. The molecule has 0 aromatic carbocycles. The standard InChI is InChI=1S/C10H17NO/c1-3-5-10(12)11(2)8-9-6-4-7-9/h3,5,9H,4,6-8H2,1-2H3. The smallest absolute Gasteiger partial charge is 0.245 e. The second-order valence-electron chi connectivity index (χ2n) is 3.52. The first kappa shape index (κ1) is 9.30. The minimum absolute atomic E-state index is 0.129. The van der Waals surface area contributed by atoms with Crippen LogP contribution in [0.1, 0.15) is 26.2 Å². The van der Waals surface area contributed by atoms with E-state index in [2.05, 4.69) is 0 Å². The predicted molar refractivity (Wildman–Crippen MR) is 49.8 cm³/mol. The molecule has 12 heavy (non-hydrogen) atoms. The van der Waals surface area contributed by atoms with Crippen LogP contribution in [0.4, 0.5) is 0 Å². The second kappa shape index (κ2) is 4.29. The molecule has 0 aromatic rings. The van der Waals surface area contributed by atoms with Gasteiger partial charge < -0.3 is 4.90 Å². The fourth-order valence-electron chi connectivity index (χ4n) is 1.42. The highest BCUT2D eigenvalue weighted by Crippen LogP contribution is 2.26. The number of carbonyl (C=O) groups is 1. The van der Waals surface area contributed by atoms with E-state index in [4.69, 9.17) is 0 Å². The summed E-state index contributed by atoms with van der Waals surface area (Å²) in [5.41, 5.74) is 0. The maximum atomic E-state index is 11.3. The quantitative estimate of drug-likeness (QED) is 0.587. The van der Waals surface area contributed by atoms with Crippen LogP contribution in [0, 0.1) is 5.92 Å². The van der Waals surface area contributed by atoms with Crippen molar-refractivity contribution in [1.29, 1.82) is 0 Å². The molecule has 2 heteroatoms. The predicted octanol–water partition coefficient (Wildman–Crippen LogP) is 1.82. The van der Waals surface area contributed by atoms with Gasteiger partial charge in [-0.15, -0.1) is 0 Å². The highest BCUT2D eigenvalue weighted by atomic mass is 16.2. The zero-order valence-electron chi connectivity index (χ0n) is 7.92. The Hall–Kier alpha value is -0.790. The Bertz CT molecular complexity index is 182. The number of carbonyl (C=O) groups excluding carboxylic acids is 1. The van der Waals surface area contributed by atoms with Crippen molar-refractivity contribution < 1.29 is 4.79 Å². The lowest BCUT2D eigenvalue weighted by Crippen LogP contribution is -2.33. The Kier molecular flexibility index (Phi) is 3.32. The van der Waals surface area contributed by atoms with Crippen molar-refractivity contribution in [2.45, 2.75) is 26.2 Å². The summed E-state index contributed by atoms with van der Waals surface area (Å²) in [6, 6.07) is 0. The highest BCUT2D eigenvalue weighted by Gasteiger charge is 2.20. The summed E-state index contributed by atoms with van der Waals surface area (Å²) < 4.78 is 0. The second-order valence-corrected chi connectivity index (χ2v) is 3.52. The van der Waals surface area contributed by atoms with Crippen LogP contribution < -0.4 is 0 Å². The molecule has 1 fully saturated rings. The third-order valence-electron chi connectivity index (χ3n) is 2.44. The Morgan fingerprint density at radius 2 is 2.25 bits per heavy atom. The first-order chi connectivity index (χ1) is 5.74. The summed E-state index contributed by atoms with van der Waals surface area (Å²) in [6.45, 7) is 2.80. The molecule has 2 nitrogen and oxygen atoms in total. The van der Waals surface area contributed by atoms with E-state index < -0.39 is 0 Å². The van der Waals surface area contributed by atoms with Crippen molar-refractivity contribution in [3.63, 3.8) is 0 Å². The number of hydrogen-bond donors (Lipinski definition) is 0. The monoisotopic (exact) mass is 167 g/mol. The largest absolute Gasteiger partial charge is 0.342 e. The van der Waals surface area contributed by atoms with Gasteiger partial charge in [0.1, 0.15) is 0 Å². The van der Waals surface area contributed by atoms with Crippen LogP contribution >= 0.6 is 0 Å². The Balaban J connectivity index is 2.25. The van der Waals surface area contributed by atoms with E-state index in [0.29, 0.717) is 0 Å². The average Bonchev–Trinajstić information content (AvgIpc) is 1.97. The van der Waals surface area contributed by atoms with E-state index in [1.165, 1.54) is 19.3 Å². The minimum atomic E-state index is 0.129. The molecule has 1 aliphatic rings. The van der Waals surface area contributed by atoms with Gasteiger partial charge in [-0.05, 0) is 31.8 Å². The summed E-state index contributed by atoms with van der Waals surface area (Å²) >= 11 is 0. The van der Waals surface area contributed by atoms with Crippen LogP contribution in [0.3, 0.4) is 0 Å². The molecule has 0 spiro atoms. The van der Waals surface area contributed by atoms with E-state index in [1.54, 1.807) is 12.2 Å². The Labute approximate surface area is 74.2 Å². The van der Waals surface area contributed by atoms with E-state index >= 15 is 0 Å². The van der Waals surface area contributed by atoms with Crippen molar-refractivity contribution in [2.75, 3.05) is 13.6 Å². The van der Waals surface area contributed by atoms with Crippen LogP contribution in [0.25, 0.3) is 0 Å². The van der Waals surface area contributed by atoms with Crippen LogP contribution in [0.5, 0.6) is 0 Å². The van der Waals surface area contributed by atoms with E-state index in [-0.39, 0.29) is 5.91 Å². The molecule has 1 rings (SSSR count). The van der Waals surface area contributed by atoms with Gasteiger partial charge in [0.05, 0.1) is 0 Å². The highest BCUT2D eigenvalue weighted by molar-refractivity contribution is 5.87. The van der Waals surface area contributed by atoms with Crippen molar-refractivity contribution in [3.05, 3.63) is 12.2 Å². The molecule has 68 valence electrons. The SMILES string of the molecule is CC=CC(=O)N(C)CC1CCC1. The molecule has 0 bridgehead atoms. The Morgan fingerprint density at radius 1 is 1.58 bits per heavy atom. The van der Waals surface area contributed by atoms with Crippen LogP contribution in [-0.2, 0) is 4.79 Å². The van der Waals surface area contributed by atoms with Gasteiger partial charge in [-0.25, -0.2) is 0 Å². The number of nitrogens with zero attached hydrogens (tertiary/aromatic N) is 1. The number of amides is 1. The molecule has 0 heterocycles. The number of likely N-dealkylation sites (N-methyl/N-ethyl adjacent to an activating group) is 1. The normalized spacial score (nSPS) is 17.8. The van der Waals surface area contributed by atoms with Crippen molar-refractivity contribution in [1.82, 2.24) is 4.90 Å². The molecule has 0 aliphatic heterocycles. The molecule has 0 atom stereocenters. The van der Waals surface area contributed by atoms with E-state index in [9.17, 15) is 4.79 Å². The summed E-state index contributed by atoms with van der Waals surface area (Å²) in [5, 5.41) is 0. The zero-order valence-corrected chi connectivity index (χ0v) is 7.92. The van der Waals surface area contributed by atoms with Gasteiger partial charge >= 0.3 is 0 Å². The number of allylic oxidation sites excluding steroid dienone is 1. The lowest BCUT2D eigenvalue weighted by atomic mass is 9.85. The van der Waals surface area contributed by atoms with Gasteiger partial charge in [0.25, 0.3) is 0 Å². The molecule has 0 aromatic heterocycles. The summed E-state index contributed by atoms with van der Waals surface area (Å²) in [6.07, 6.45) is 7.36. The van der Waals surface area contributed by atoms with E-state index in [0.717, 1.165) is 12.5 Å². The van der Waals surface area contributed by atoms with Gasteiger partial charge in [-0.2, -0.15) is 0 Å². The fourth-order valence-corrected chi connectivity index (χ4v) is 1.42. The Morgan fingerprint density at radius 3 is 2.67 bits per heavy atom. The third-order valence-corrected chi connectivity index (χ3v) is 2.44. The molecule has 1 amide bonds. The maximum Gasteiger partial charge on any atom is 0.245 e. The lowest BCUT2D eigenvalue weighted by molar-refractivity contribution is -0.125. The first-order valence-corrected chi connectivity index (χ1v) is 4.62. The molecule has 0 unspecified atom stereocenters. The van der Waals surface area contributed by atoms with Gasteiger partial charge in [0.15, 0.2) is 0 Å². The lowest BCUT2D eigenvalue weighted by Gasteiger charge is -2.29. The zero-order chi connectivity index (χ0) is 8.97. The van der Waals surface area contributed by atoms with Crippen molar-refractivity contribution in [2.24, 2.45) is 5.92 Å². The summed E-state index contributed by atoms with van der Waals surface area (Å²) in [7, 11) is 1.88. The molecule has 0 radical (unpaired) electrons. The number of hydrogen-bond acceptors (Lipinski definition) is 1. The van der Waals surface area contributed by atoms with Gasteiger partial charge in [-0.1, -0.05) is 12.5 Å². The summed E-state index contributed by atoms with van der Waals surface area (Å²) in [4.78, 5) is 13.1. The maximum absolute atomic E-state index is 11.3. The molecule has 1 saturated carbocycles. The van der Waals surface area contributed by atoms with Crippen LogP contribution in [0.2, 0.25) is 0 Å². The summed E-state index contributed by atoms with van der Waals surface area (Å²) in [5.74, 6) is 0.897. The van der Waals surface area contributed by atoms with Gasteiger partial charge in [-0.3, -0.25) is 4.79 Å². The van der Waals surface area contributed by atoms with Gasteiger partial charge in [0, 0.05) is 13.6 Å². The van der Waals surface area contributed by atoms with Gasteiger partial charge in [0.2, 0.25) is 5.91 Å². The molecule has 1 aliphatic carbocycles. The molecule has 0 saturated heterocycles. The van der Waals surface area contributed by atoms with Crippen LogP contribution in [0.15, 0.2) is 12.2 Å². The van der Waals surface area contributed by atoms with Crippen molar-refractivity contribution in [3.8, 4) is 0 Å². The molecular formula is C10H17NO. The van der Waals surface area contributed by atoms with E-state index in [1.807, 2.05) is 18.9 Å². The first-order valence-electron chi connectivity index (χ1n) is 4.62. The fraction of sp³-hybridized carbons (Fsp3) is 0.700. The number of rotatable bonds is 3. The van der Waals surface area contributed by atoms with Crippen LogP contribution in [-0.4, -0.2) is 24.4 Å². The topological polar surface area (TPSA) is 20.3 Å². The van der Waals surface area contributed by atoms with Crippen molar-refractivity contribution >= 4 is 5.91 Å².